The van der Waals surface area contributed by atoms with E-state index in [1.54, 1.807) is 11.0 Å². The molecule has 1 aromatic rings. The molecule has 1 saturated heterocycles. The molecule has 142 valence electrons. The van der Waals surface area contributed by atoms with Crippen LogP contribution in [0.2, 0.25) is 0 Å². The molecule has 3 rings (SSSR count). The van der Waals surface area contributed by atoms with E-state index in [0.717, 1.165) is 32.1 Å². The molecule has 1 saturated carbocycles. The predicted octanol–water partition coefficient (Wildman–Crippen LogP) is 3.09. The van der Waals surface area contributed by atoms with Crippen LogP contribution in [-0.2, 0) is 4.79 Å². The lowest BCUT2D eigenvalue weighted by Crippen LogP contribution is -2.40. The van der Waals surface area contributed by atoms with Crippen LogP contribution < -0.4 is 4.74 Å². The van der Waals surface area contributed by atoms with E-state index in [2.05, 4.69) is 0 Å². The number of amides is 2. The highest BCUT2D eigenvalue weighted by Crippen LogP contribution is 2.26. The zero-order chi connectivity index (χ0) is 18.5. The fraction of sp³-hybridized carbons (Fsp3) is 0.600. The lowest BCUT2D eigenvalue weighted by Gasteiger charge is -2.28. The van der Waals surface area contributed by atoms with Gasteiger partial charge in [0, 0.05) is 37.7 Å². The summed E-state index contributed by atoms with van der Waals surface area (Å²) in [6.07, 6.45) is 6.23. The van der Waals surface area contributed by atoms with Gasteiger partial charge in [-0.15, -0.1) is 0 Å². The third-order valence-corrected chi connectivity index (χ3v) is 5.45. The van der Waals surface area contributed by atoms with Gasteiger partial charge in [0.25, 0.3) is 5.91 Å². The van der Waals surface area contributed by atoms with Crippen LogP contribution >= 0.6 is 0 Å². The van der Waals surface area contributed by atoms with Crippen LogP contribution in [0, 0.1) is 11.7 Å². The fourth-order valence-corrected chi connectivity index (χ4v) is 3.93. The second-order valence-electron chi connectivity index (χ2n) is 7.16. The van der Waals surface area contributed by atoms with Crippen LogP contribution in [-0.4, -0.2) is 54.9 Å². The molecule has 0 N–H and O–H groups in total. The molecule has 0 atom stereocenters. The summed E-state index contributed by atoms with van der Waals surface area (Å²) >= 11 is 0. The molecule has 2 aliphatic rings. The molecule has 5 nitrogen and oxygen atoms in total. The average Bonchev–Trinajstić information content (AvgIpc) is 2.93. The predicted molar refractivity (Wildman–Crippen MR) is 96.6 cm³/mol. The van der Waals surface area contributed by atoms with Gasteiger partial charge in [0.15, 0.2) is 11.6 Å². The molecule has 0 bridgehead atoms. The van der Waals surface area contributed by atoms with Gasteiger partial charge in [-0.25, -0.2) is 4.39 Å². The van der Waals surface area contributed by atoms with Crippen molar-refractivity contribution in [1.82, 2.24) is 9.80 Å². The molecule has 1 aromatic carbocycles. The minimum absolute atomic E-state index is 0.127. The van der Waals surface area contributed by atoms with Gasteiger partial charge in [-0.1, -0.05) is 19.3 Å². The first-order chi connectivity index (χ1) is 12.6. The van der Waals surface area contributed by atoms with Gasteiger partial charge in [-0.05, 0) is 37.5 Å². The monoisotopic (exact) mass is 362 g/mol. The highest BCUT2D eigenvalue weighted by molar-refractivity contribution is 5.94. The van der Waals surface area contributed by atoms with Gasteiger partial charge >= 0.3 is 0 Å². The Morgan fingerprint density at radius 1 is 1.00 bits per heavy atom. The Morgan fingerprint density at radius 2 is 1.69 bits per heavy atom. The van der Waals surface area contributed by atoms with Crippen LogP contribution in [0.1, 0.15) is 48.9 Å². The third-order valence-electron chi connectivity index (χ3n) is 5.45. The lowest BCUT2D eigenvalue weighted by molar-refractivity contribution is -0.136. The van der Waals surface area contributed by atoms with Crippen molar-refractivity contribution in [3.8, 4) is 5.75 Å². The van der Waals surface area contributed by atoms with Gasteiger partial charge in [-0.3, -0.25) is 9.59 Å². The molecular formula is C20H27FN2O3. The van der Waals surface area contributed by atoms with E-state index in [9.17, 15) is 14.0 Å². The first-order valence-electron chi connectivity index (χ1n) is 9.51. The summed E-state index contributed by atoms with van der Waals surface area (Å²) in [5, 5.41) is 0. The van der Waals surface area contributed by atoms with Crippen molar-refractivity contribution in [3.63, 3.8) is 0 Å². The highest BCUT2D eigenvalue weighted by atomic mass is 19.1. The summed E-state index contributed by atoms with van der Waals surface area (Å²) in [4.78, 5) is 29.1. The zero-order valence-electron chi connectivity index (χ0n) is 15.4. The highest BCUT2D eigenvalue weighted by Gasteiger charge is 2.28. The standard InChI is InChI=1S/C20H27FN2O3/c1-26-18-9-8-16(14-17(18)21)20(25)23-11-5-10-22(12-13-23)19(24)15-6-3-2-4-7-15/h8-9,14-15H,2-7,10-13H2,1H3. The number of carbonyl (C=O) groups is 2. The maximum absolute atomic E-state index is 13.9. The minimum Gasteiger partial charge on any atom is -0.494 e. The summed E-state index contributed by atoms with van der Waals surface area (Å²) in [5.74, 6) is -0.210. The number of hydrogen-bond acceptors (Lipinski definition) is 3. The van der Waals surface area contributed by atoms with E-state index in [1.807, 2.05) is 4.90 Å². The van der Waals surface area contributed by atoms with Crippen molar-refractivity contribution in [2.24, 2.45) is 5.92 Å². The van der Waals surface area contributed by atoms with Gasteiger partial charge in [-0.2, -0.15) is 0 Å². The van der Waals surface area contributed by atoms with Crippen LogP contribution in [0.5, 0.6) is 5.75 Å². The second-order valence-corrected chi connectivity index (χ2v) is 7.16. The summed E-state index contributed by atoms with van der Waals surface area (Å²) in [5.41, 5.74) is 0.315. The molecule has 0 aromatic heterocycles. The van der Waals surface area contributed by atoms with Crippen LogP contribution in [0.4, 0.5) is 4.39 Å². The lowest BCUT2D eigenvalue weighted by atomic mass is 9.88. The Hall–Kier alpha value is -2.11. The number of methoxy groups -OCH3 is 1. The summed E-state index contributed by atoms with van der Waals surface area (Å²) in [6.45, 7) is 2.32. The topological polar surface area (TPSA) is 49.9 Å². The third kappa shape index (κ3) is 4.17. The maximum atomic E-state index is 13.9. The number of carbonyl (C=O) groups excluding carboxylic acids is 2. The molecule has 2 amide bonds. The largest absolute Gasteiger partial charge is 0.494 e. The van der Waals surface area contributed by atoms with E-state index in [1.165, 1.54) is 25.7 Å². The summed E-state index contributed by atoms with van der Waals surface area (Å²) in [7, 11) is 1.40. The van der Waals surface area contributed by atoms with Crippen molar-refractivity contribution in [3.05, 3.63) is 29.6 Å². The average molecular weight is 362 g/mol. The Bertz CT molecular complexity index is 658. The number of halogens is 1. The molecule has 6 heteroatoms. The van der Waals surface area contributed by atoms with E-state index in [-0.39, 0.29) is 23.5 Å². The Labute approximate surface area is 154 Å². The Kier molecular flexibility index (Phi) is 6.12. The van der Waals surface area contributed by atoms with Gasteiger partial charge < -0.3 is 14.5 Å². The maximum Gasteiger partial charge on any atom is 0.254 e. The van der Waals surface area contributed by atoms with Crippen LogP contribution in [0.15, 0.2) is 18.2 Å². The van der Waals surface area contributed by atoms with E-state index >= 15 is 0 Å². The molecule has 0 spiro atoms. The second kappa shape index (κ2) is 8.52. The summed E-state index contributed by atoms with van der Waals surface area (Å²) < 4.78 is 18.8. The van der Waals surface area contributed by atoms with Crippen LogP contribution in [0.25, 0.3) is 0 Å². The molecular weight excluding hydrogens is 335 g/mol. The van der Waals surface area contributed by atoms with Gasteiger partial charge in [0.2, 0.25) is 5.91 Å². The zero-order valence-corrected chi connectivity index (χ0v) is 15.4. The first kappa shape index (κ1) is 18.7. The quantitative estimate of drug-likeness (QED) is 0.830. The van der Waals surface area contributed by atoms with Gasteiger partial charge in [0.1, 0.15) is 0 Å². The minimum atomic E-state index is -0.540. The van der Waals surface area contributed by atoms with Crippen molar-refractivity contribution >= 4 is 11.8 Å². The molecule has 0 radical (unpaired) electrons. The van der Waals surface area contributed by atoms with Crippen molar-refractivity contribution in [2.75, 3.05) is 33.3 Å². The number of ether oxygens (including phenoxy) is 1. The van der Waals surface area contributed by atoms with Crippen molar-refractivity contribution in [1.29, 1.82) is 0 Å². The number of nitrogens with zero attached hydrogens (tertiary/aromatic N) is 2. The van der Waals surface area contributed by atoms with Crippen molar-refractivity contribution < 1.29 is 18.7 Å². The molecule has 1 heterocycles. The van der Waals surface area contributed by atoms with Gasteiger partial charge in [0.05, 0.1) is 7.11 Å². The molecule has 1 aliphatic heterocycles. The number of benzene rings is 1. The first-order valence-corrected chi connectivity index (χ1v) is 9.51. The summed E-state index contributed by atoms with van der Waals surface area (Å²) in [6, 6.07) is 4.27. The Morgan fingerprint density at radius 3 is 2.38 bits per heavy atom. The molecule has 0 unspecified atom stereocenters. The van der Waals surface area contributed by atoms with Crippen LogP contribution in [0.3, 0.4) is 0 Å². The number of hydrogen-bond donors (Lipinski definition) is 0. The van der Waals surface area contributed by atoms with E-state index in [0.29, 0.717) is 31.7 Å². The van der Waals surface area contributed by atoms with E-state index < -0.39 is 5.82 Å². The van der Waals surface area contributed by atoms with E-state index in [4.69, 9.17) is 4.74 Å². The normalized spacial score (nSPS) is 19.2. The fourth-order valence-electron chi connectivity index (χ4n) is 3.93. The SMILES string of the molecule is COc1ccc(C(=O)N2CCCN(C(=O)C3CCCCC3)CC2)cc1F. The Balaban J connectivity index is 1.61. The smallest absolute Gasteiger partial charge is 0.254 e. The molecule has 2 fully saturated rings. The van der Waals surface area contributed by atoms with Crippen molar-refractivity contribution in [2.45, 2.75) is 38.5 Å². The number of rotatable bonds is 3. The molecule has 26 heavy (non-hydrogen) atoms. The molecule has 1 aliphatic carbocycles.